The zero-order valence-corrected chi connectivity index (χ0v) is 13.9. The second-order valence-electron chi connectivity index (χ2n) is 4.89. The van der Waals surface area contributed by atoms with Gasteiger partial charge in [0.2, 0.25) is 0 Å². The summed E-state index contributed by atoms with van der Waals surface area (Å²) in [5, 5.41) is 4.44. The van der Waals surface area contributed by atoms with E-state index in [4.69, 9.17) is 4.74 Å². The summed E-state index contributed by atoms with van der Waals surface area (Å²) in [6, 6.07) is 0.682. The molecule has 0 unspecified atom stereocenters. The second kappa shape index (κ2) is 4.87. The number of hydrogen-bond acceptors (Lipinski definition) is 2. The van der Waals surface area contributed by atoms with Crippen LogP contribution in [0.2, 0.25) is 4.51 Å². The molecular formula is C11H15BrN2OZn. The molecule has 2 aliphatic rings. The molecule has 1 aromatic heterocycles. The summed E-state index contributed by atoms with van der Waals surface area (Å²) in [6.45, 7) is 0.931. The van der Waals surface area contributed by atoms with Gasteiger partial charge in [-0.25, -0.2) is 0 Å². The molecule has 0 N–H and O–H groups in total. The molecule has 5 heteroatoms. The summed E-state index contributed by atoms with van der Waals surface area (Å²) < 4.78 is 8.93. The fraction of sp³-hybridized carbons (Fsp3) is 0.727. The van der Waals surface area contributed by atoms with Gasteiger partial charge in [0.05, 0.1) is 0 Å². The first-order chi connectivity index (χ1) is 7.86. The van der Waals surface area contributed by atoms with Crippen molar-refractivity contribution in [2.24, 2.45) is 0 Å². The van der Waals surface area contributed by atoms with Crippen molar-refractivity contribution in [1.82, 2.24) is 9.78 Å². The van der Waals surface area contributed by atoms with E-state index in [1.807, 2.05) is 6.20 Å². The Bertz CT molecular complexity index is 367. The zero-order valence-electron chi connectivity index (χ0n) is 9.31. The quantitative estimate of drug-likeness (QED) is 0.792. The Balaban J connectivity index is 1.70. The van der Waals surface area contributed by atoms with Crippen LogP contribution in [0, 0.1) is 0 Å². The van der Waals surface area contributed by atoms with Crippen LogP contribution in [0.5, 0.6) is 0 Å². The van der Waals surface area contributed by atoms with Gasteiger partial charge in [0.1, 0.15) is 0 Å². The van der Waals surface area contributed by atoms with Crippen molar-refractivity contribution in [2.75, 3.05) is 6.61 Å². The van der Waals surface area contributed by atoms with Gasteiger partial charge in [0, 0.05) is 0 Å². The van der Waals surface area contributed by atoms with Crippen molar-refractivity contribution in [3.05, 3.63) is 18.0 Å². The summed E-state index contributed by atoms with van der Waals surface area (Å²) in [6.07, 6.45) is 9.59. The van der Waals surface area contributed by atoms with Crippen LogP contribution < -0.4 is 0 Å². The first-order valence-electron chi connectivity index (χ1n) is 6.08. The molecule has 1 aliphatic heterocycles. The third-order valence-electron chi connectivity index (χ3n) is 3.53. The first kappa shape index (κ1) is 11.4. The monoisotopic (exact) mass is 334 g/mol. The Morgan fingerprint density at radius 3 is 3.06 bits per heavy atom. The normalized spacial score (nSPS) is 30.1. The Hall–Kier alpha value is 0.273. The molecule has 16 heavy (non-hydrogen) atoms. The summed E-state index contributed by atoms with van der Waals surface area (Å²) in [5.74, 6) is 0. The van der Waals surface area contributed by atoms with Gasteiger partial charge < -0.3 is 0 Å². The number of halogens is 1. The van der Waals surface area contributed by atoms with E-state index >= 15 is 0 Å². The molecule has 84 valence electrons. The van der Waals surface area contributed by atoms with E-state index in [9.17, 15) is 0 Å². The summed E-state index contributed by atoms with van der Waals surface area (Å²) in [7, 11) is 0. The molecule has 0 bridgehead atoms. The van der Waals surface area contributed by atoms with E-state index in [-0.39, 0.29) is 0 Å². The molecule has 0 radical (unpaired) electrons. The van der Waals surface area contributed by atoms with Gasteiger partial charge in [-0.2, -0.15) is 0 Å². The van der Waals surface area contributed by atoms with Crippen LogP contribution >= 0.6 is 13.6 Å². The predicted molar refractivity (Wildman–Crippen MR) is 61.1 cm³/mol. The van der Waals surface area contributed by atoms with Gasteiger partial charge in [-0.05, 0) is 0 Å². The van der Waals surface area contributed by atoms with Crippen molar-refractivity contribution < 1.29 is 19.9 Å². The first-order valence-corrected chi connectivity index (χ1v) is 14.7. The van der Waals surface area contributed by atoms with Crippen LogP contribution in [0.3, 0.4) is 0 Å². The van der Waals surface area contributed by atoms with E-state index in [0.29, 0.717) is 12.1 Å². The van der Waals surface area contributed by atoms with E-state index < -0.39 is 15.2 Å². The summed E-state index contributed by atoms with van der Waals surface area (Å²) >= 11 is 3.30. The Labute approximate surface area is 110 Å². The number of aromatic nitrogens is 2. The Morgan fingerprint density at radius 2 is 2.31 bits per heavy atom. The minimum absolute atomic E-state index is 0.314. The van der Waals surface area contributed by atoms with Crippen molar-refractivity contribution in [2.45, 2.75) is 42.3 Å². The molecule has 2 atom stereocenters. The van der Waals surface area contributed by atoms with Crippen LogP contribution in [-0.2, 0) is 19.9 Å². The summed E-state index contributed by atoms with van der Waals surface area (Å²) in [4.78, 5) is 0. The molecule has 2 heterocycles. The van der Waals surface area contributed by atoms with Crippen LogP contribution in [0.4, 0.5) is 0 Å². The minimum atomic E-state index is -0.461. The van der Waals surface area contributed by atoms with E-state index in [1.165, 1.54) is 31.2 Å². The third kappa shape index (κ3) is 2.41. The van der Waals surface area contributed by atoms with Crippen molar-refractivity contribution in [3.63, 3.8) is 0 Å². The topological polar surface area (TPSA) is 27.1 Å². The molecule has 1 aromatic rings. The number of hydrogen-bond donors (Lipinski definition) is 0. The molecule has 0 amide bonds. The fourth-order valence-corrected chi connectivity index (χ4v) is 6.92. The molecule has 3 nitrogen and oxygen atoms in total. The van der Waals surface area contributed by atoms with Crippen LogP contribution in [0.1, 0.15) is 43.4 Å². The standard InChI is InChI=1S/C11H15N2O.BrH.Zn/c1-2-6-14-11(3-1)9-7-12-13(8-9)10-4-5-10;;/h1,7-8,10-11H,2-6H2;1H;/q;;+1/p-1/t11-;;/m1../s1. The second-order valence-corrected chi connectivity index (χ2v) is 11.3. The van der Waals surface area contributed by atoms with Crippen LogP contribution in [-0.4, -0.2) is 16.4 Å². The summed E-state index contributed by atoms with van der Waals surface area (Å²) in [5.41, 5.74) is 1.29. The van der Waals surface area contributed by atoms with Gasteiger partial charge in [-0.3, -0.25) is 0 Å². The molecule has 0 aromatic carbocycles. The Morgan fingerprint density at radius 1 is 1.44 bits per heavy atom. The Kier molecular flexibility index (Phi) is 3.46. The third-order valence-corrected chi connectivity index (χ3v) is 10.8. The van der Waals surface area contributed by atoms with Crippen molar-refractivity contribution >= 4 is 13.6 Å². The number of rotatable bonds is 3. The molecular weight excluding hydrogens is 321 g/mol. The maximum absolute atomic E-state index is 5.87. The molecule has 1 aliphatic carbocycles. The van der Waals surface area contributed by atoms with E-state index in [1.54, 1.807) is 0 Å². The maximum atomic E-state index is 5.87. The van der Waals surface area contributed by atoms with Crippen LogP contribution in [0.25, 0.3) is 0 Å². The molecule has 0 spiro atoms. The van der Waals surface area contributed by atoms with Gasteiger partial charge in [-0.1, -0.05) is 0 Å². The average molecular weight is 337 g/mol. The fourth-order valence-electron chi connectivity index (χ4n) is 2.30. The van der Waals surface area contributed by atoms with E-state index in [2.05, 4.69) is 29.6 Å². The molecule has 2 fully saturated rings. The van der Waals surface area contributed by atoms with Crippen LogP contribution in [0.15, 0.2) is 12.4 Å². The predicted octanol–water partition coefficient (Wildman–Crippen LogP) is 3.25. The van der Waals surface area contributed by atoms with Gasteiger partial charge in [-0.15, -0.1) is 0 Å². The van der Waals surface area contributed by atoms with Gasteiger partial charge >= 0.3 is 110 Å². The molecule has 1 saturated heterocycles. The van der Waals surface area contributed by atoms with Crippen molar-refractivity contribution in [1.29, 1.82) is 0 Å². The zero-order chi connectivity index (χ0) is 11.0. The van der Waals surface area contributed by atoms with Gasteiger partial charge in [0.15, 0.2) is 0 Å². The SMILES string of the molecule is [Br][Zn][C@@H]1CCO[C@@H](c2cnn(C3CC3)c2)C1. The molecule has 1 saturated carbocycles. The molecule has 3 rings (SSSR count). The average Bonchev–Trinajstić information content (AvgIpc) is 3.07. The number of ether oxygens (including phenoxy) is 1. The number of nitrogens with zero attached hydrogens (tertiary/aromatic N) is 2. The van der Waals surface area contributed by atoms with Crippen molar-refractivity contribution in [3.8, 4) is 0 Å². The van der Waals surface area contributed by atoms with E-state index in [0.717, 1.165) is 11.1 Å². The van der Waals surface area contributed by atoms with Gasteiger partial charge in [0.25, 0.3) is 0 Å².